The summed E-state index contributed by atoms with van der Waals surface area (Å²) in [6, 6.07) is 6.25. The van der Waals surface area contributed by atoms with E-state index in [0.29, 0.717) is 0 Å². The van der Waals surface area contributed by atoms with Gasteiger partial charge in [0.2, 0.25) is 4.96 Å². The monoisotopic (exact) mass is 273 g/mol. The molecule has 3 aromatic rings. The highest BCUT2D eigenvalue weighted by molar-refractivity contribution is 7.16. The van der Waals surface area contributed by atoms with Crippen LogP contribution in [-0.2, 0) is 6.61 Å². The van der Waals surface area contributed by atoms with Crippen LogP contribution in [0.25, 0.3) is 16.2 Å². The van der Waals surface area contributed by atoms with E-state index in [0.717, 1.165) is 32.5 Å². The summed E-state index contributed by atoms with van der Waals surface area (Å²) in [7, 11) is 0. The van der Waals surface area contributed by atoms with Crippen molar-refractivity contribution < 1.29 is 5.11 Å². The molecule has 0 bridgehead atoms. The van der Waals surface area contributed by atoms with Gasteiger partial charge in [-0.1, -0.05) is 35.1 Å². The van der Waals surface area contributed by atoms with Crippen LogP contribution in [0.15, 0.2) is 18.2 Å². The minimum atomic E-state index is -0.0625. The maximum atomic E-state index is 9.63. The third-order valence-corrected chi connectivity index (χ3v) is 4.01. The molecule has 2 aromatic heterocycles. The van der Waals surface area contributed by atoms with Crippen LogP contribution in [0.2, 0.25) is 0 Å². The largest absolute Gasteiger partial charge is 0.390 e. The number of aliphatic hydroxyl groups is 1. The number of aromatic nitrogens is 3. The first-order chi connectivity index (χ1) is 9.10. The molecule has 0 spiro atoms. The number of hydrogen-bond acceptors (Lipinski definition) is 4. The van der Waals surface area contributed by atoms with Gasteiger partial charge in [-0.15, -0.1) is 0 Å². The molecule has 19 heavy (non-hydrogen) atoms. The lowest BCUT2D eigenvalue weighted by Gasteiger charge is -2.06. The van der Waals surface area contributed by atoms with Crippen molar-refractivity contribution in [3.63, 3.8) is 0 Å². The molecule has 0 atom stereocenters. The zero-order chi connectivity index (χ0) is 13.6. The summed E-state index contributed by atoms with van der Waals surface area (Å²) in [4.78, 5) is 5.45. The molecule has 98 valence electrons. The molecule has 0 aliphatic carbocycles. The van der Waals surface area contributed by atoms with E-state index in [9.17, 15) is 5.11 Å². The van der Waals surface area contributed by atoms with Gasteiger partial charge in [-0.25, -0.2) is 9.50 Å². The van der Waals surface area contributed by atoms with Gasteiger partial charge in [0.1, 0.15) is 5.01 Å². The van der Waals surface area contributed by atoms with Crippen molar-refractivity contribution in [1.29, 1.82) is 0 Å². The van der Waals surface area contributed by atoms with E-state index in [-0.39, 0.29) is 6.61 Å². The molecule has 0 aliphatic rings. The molecule has 0 saturated heterocycles. The molecule has 1 aromatic carbocycles. The Balaban J connectivity index is 2.26. The second-order valence-corrected chi connectivity index (χ2v) is 5.86. The molecule has 0 saturated carbocycles. The first-order valence-electron chi connectivity index (χ1n) is 6.13. The third kappa shape index (κ3) is 1.95. The summed E-state index contributed by atoms with van der Waals surface area (Å²) in [5.74, 6) is 0. The molecule has 1 N–H and O–H groups in total. The summed E-state index contributed by atoms with van der Waals surface area (Å²) in [6.07, 6.45) is 0. The van der Waals surface area contributed by atoms with Crippen molar-refractivity contribution in [2.24, 2.45) is 0 Å². The van der Waals surface area contributed by atoms with Gasteiger partial charge in [0.15, 0.2) is 0 Å². The molecular weight excluding hydrogens is 258 g/mol. The van der Waals surface area contributed by atoms with Gasteiger partial charge >= 0.3 is 0 Å². The van der Waals surface area contributed by atoms with E-state index in [4.69, 9.17) is 0 Å². The number of imidazole rings is 1. The lowest BCUT2D eigenvalue weighted by atomic mass is 10.0. The molecule has 5 heteroatoms. The molecule has 0 fully saturated rings. The summed E-state index contributed by atoms with van der Waals surface area (Å²) in [5, 5.41) is 15.0. The van der Waals surface area contributed by atoms with E-state index in [1.165, 1.54) is 16.9 Å². The Morgan fingerprint density at radius 2 is 2.05 bits per heavy atom. The van der Waals surface area contributed by atoms with Crippen LogP contribution in [0.3, 0.4) is 0 Å². The molecule has 0 unspecified atom stereocenters. The van der Waals surface area contributed by atoms with Crippen LogP contribution < -0.4 is 0 Å². The number of hydrogen-bond donors (Lipinski definition) is 1. The van der Waals surface area contributed by atoms with Crippen molar-refractivity contribution in [1.82, 2.24) is 14.6 Å². The normalized spacial score (nSPS) is 11.4. The average molecular weight is 273 g/mol. The second-order valence-electron chi connectivity index (χ2n) is 4.70. The Labute approximate surface area is 115 Å². The topological polar surface area (TPSA) is 50.4 Å². The van der Waals surface area contributed by atoms with E-state index >= 15 is 0 Å². The standard InChI is InChI=1S/C14H15N3OS/c1-8-4-5-11(9(2)6-8)13-12(7-18)17-14(15-13)19-10(3)16-17/h4-6,18H,7H2,1-3H3. The lowest BCUT2D eigenvalue weighted by molar-refractivity contribution is 0.275. The zero-order valence-electron chi connectivity index (χ0n) is 11.1. The zero-order valence-corrected chi connectivity index (χ0v) is 12.0. The molecule has 0 radical (unpaired) electrons. The van der Waals surface area contributed by atoms with Crippen LogP contribution in [0, 0.1) is 20.8 Å². The molecule has 0 aliphatic heterocycles. The fourth-order valence-corrected chi connectivity index (χ4v) is 3.08. The minimum Gasteiger partial charge on any atom is -0.390 e. The van der Waals surface area contributed by atoms with E-state index in [1.807, 2.05) is 6.92 Å². The third-order valence-electron chi connectivity index (χ3n) is 3.18. The fourth-order valence-electron chi connectivity index (χ4n) is 2.32. The number of aliphatic hydroxyl groups excluding tert-OH is 1. The Hall–Kier alpha value is -1.72. The van der Waals surface area contributed by atoms with Crippen LogP contribution in [0.4, 0.5) is 0 Å². The summed E-state index contributed by atoms with van der Waals surface area (Å²) < 4.78 is 1.74. The molecular formula is C14H15N3OS. The number of aryl methyl sites for hydroxylation is 3. The van der Waals surface area contributed by atoms with Gasteiger partial charge in [0.05, 0.1) is 18.0 Å². The smallest absolute Gasteiger partial charge is 0.213 e. The summed E-state index contributed by atoms with van der Waals surface area (Å²) in [5.41, 5.74) is 5.04. The van der Waals surface area contributed by atoms with Crippen LogP contribution in [0.1, 0.15) is 21.8 Å². The number of rotatable bonds is 2. The number of nitrogens with zero attached hydrogens (tertiary/aromatic N) is 3. The Morgan fingerprint density at radius 3 is 2.74 bits per heavy atom. The van der Waals surface area contributed by atoms with Crippen LogP contribution in [0.5, 0.6) is 0 Å². The molecule has 0 amide bonds. The van der Waals surface area contributed by atoms with Crippen molar-refractivity contribution in [2.45, 2.75) is 27.4 Å². The predicted molar refractivity (Wildman–Crippen MR) is 76.4 cm³/mol. The average Bonchev–Trinajstić information content (AvgIpc) is 2.84. The van der Waals surface area contributed by atoms with Gasteiger partial charge in [0.25, 0.3) is 0 Å². The summed E-state index contributed by atoms with van der Waals surface area (Å²) >= 11 is 1.54. The molecule has 4 nitrogen and oxygen atoms in total. The number of benzene rings is 1. The molecule has 2 heterocycles. The van der Waals surface area contributed by atoms with Crippen LogP contribution >= 0.6 is 11.3 Å². The Bertz CT molecular complexity index is 757. The SMILES string of the molecule is Cc1ccc(-c2nc3sc(C)nn3c2CO)c(C)c1. The highest BCUT2D eigenvalue weighted by Crippen LogP contribution is 2.29. The van der Waals surface area contributed by atoms with E-state index in [1.54, 1.807) is 4.52 Å². The quantitative estimate of drug-likeness (QED) is 0.781. The second kappa shape index (κ2) is 4.43. The maximum absolute atomic E-state index is 9.63. The van der Waals surface area contributed by atoms with Crippen molar-refractivity contribution in [3.05, 3.63) is 40.0 Å². The van der Waals surface area contributed by atoms with Gasteiger partial charge in [-0.05, 0) is 26.3 Å². The maximum Gasteiger partial charge on any atom is 0.213 e. The van der Waals surface area contributed by atoms with Crippen LogP contribution in [-0.4, -0.2) is 19.7 Å². The van der Waals surface area contributed by atoms with E-state index in [2.05, 4.69) is 42.1 Å². The fraction of sp³-hybridized carbons (Fsp3) is 0.286. The van der Waals surface area contributed by atoms with Crippen molar-refractivity contribution in [3.8, 4) is 11.3 Å². The first-order valence-corrected chi connectivity index (χ1v) is 6.95. The lowest BCUT2D eigenvalue weighted by Crippen LogP contribution is -1.96. The highest BCUT2D eigenvalue weighted by Gasteiger charge is 2.17. The minimum absolute atomic E-state index is 0.0625. The van der Waals surface area contributed by atoms with Crippen molar-refractivity contribution in [2.75, 3.05) is 0 Å². The summed E-state index contributed by atoms with van der Waals surface area (Å²) in [6.45, 7) is 6.01. The van der Waals surface area contributed by atoms with Gasteiger partial charge in [-0.3, -0.25) is 0 Å². The predicted octanol–water partition coefficient (Wildman–Crippen LogP) is 2.88. The van der Waals surface area contributed by atoms with Gasteiger partial charge in [-0.2, -0.15) is 5.10 Å². The molecule has 3 rings (SSSR count). The Kier molecular flexibility index (Phi) is 2.88. The first kappa shape index (κ1) is 12.3. The number of fused-ring (bicyclic) bond motifs is 1. The van der Waals surface area contributed by atoms with Gasteiger partial charge < -0.3 is 5.11 Å². The van der Waals surface area contributed by atoms with Crippen molar-refractivity contribution >= 4 is 16.3 Å². The Morgan fingerprint density at radius 1 is 1.26 bits per heavy atom. The van der Waals surface area contributed by atoms with Gasteiger partial charge in [0, 0.05) is 5.56 Å². The highest BCUT2D eigenvalue weighted by atomic mass is 32.1. The van der Waals surface area contributed by atoms with E-state index < -0.39 is 0 Å².